The topological polar surface area (TPSA) is 69.7 Å². The Hall–Kier alpha value is -3.54. The lowest BCUT2D eigenvalue weighted by Crippen LogP contribution is -2.03. The number of benzene rings is 2. The fourth-order valence-electron chi connectivity index (χ4n) is 2.85. The number of methoxy groups -OCH3 is 3. The lowest BCUT2D eigenvalue weighted by molar-refractivity contribution is 0.112. The van der Waals surface area contributed by atoms with E-state index in [0.29, 0.717) is 29.4 Å². The molecule has 0 saturated heterocycles. The Labute approximate surface area is 164 Å². The highest BCUT2D eigenvalue weighted by molar-refractivity contribution is 5.76. The van der Waals surface area contributed by atoms with Gasteiger partial charge in [-0.3, -0.25) is 4.79 Å². The Balaban J connectivity index is 1.71. The van der Waals surface area contributed by atoms with Crippen LogP contribution in [0.2, 0.25) is 0 Å². The van der Waals surface area contributed by atoms with E-state index in [4.69, 9.17) is 14.2 Å². The number of pyridine rings is 1. The van der Waals surface area contributed by atoms with E-state index in [9.17, 15) is 4.79 Å². The van der Waals surface area contributed by atoms with Gasteiger partial charge >= 0.3 is 0 Å². The van der Waals surface area contributed by atoms with Crippen molar-refractivity contribution in [2.24, 2.45) is 0 Å². The average molecular weight is 378 g/mol. The van der Waals surface area contributed by atoms with Gasteiger partial charge in [0.25, 0.3) is 0 Å². The predicted molar refractivity (Wildman–Crippen MR) is 108 cm³/mol. The molecule has 1 N–H and O–H groups in total. The summed E-state index contributed by atoms with van der Waals surface area (Å²) in [5, 5.41) is 3.29. The highest BCUT2D eigenvalue weighted by Gasteiger charge is 2.13. The Bertz CT molecular complexity index is 913. The maximum Gasteiger partial charge on any atom is 0.203 e. The molecule has 1 heterocycles. The van der Waals surface area contributed by atoms with Crippen LogP contribution < -0.4 is 19.5 Å². The molecular weight excluding hydrogens is 356 g/mol. The summed E-state index contributed by atoms with van der Waals surface area (Å²) in [6.07, 6.45) is 2.63. The zero-order valence-corrected chi connectivity index (χ0v) is 16.1. The van der Waals surface area contributed by atoms with Crippen molar-refractivity contribution in [2.45, 2.75) is 6.54 Å². The first kappa shape index (κ1) is 19.2. The van der Waals surface area contributed by atoms with Crippen LogP contribution in [0.15, 0.2) is 54.7 Å². The van der Waals surface area contributed by atoms with Crippen molar-refractivity contribution in [1.82, 2.24) is 4.98 Å². The molecular formula is C22H22N2O4. The van der Waals surface area contributed by atoms with Crippen molar-refractivity contribution >= 4 is 12.1 Å². The molecule has 6 nitrogen and oxygen atoms in total. The maximum absolute atomic E-state index is 10.8. The fraction of sp³-hybridized carbons (Fsp3) is 0.182. The maximum atomic E-state index is 10.8. The molecule has 0 spiro atoms. The highest BCUT2D eigenvalue weighted by atomic mass is 16.5. The van der Waals surface area contributed by atoms with E-state index in [1.165, 1.54) is 0 Å². The van der Waals surface area contributed by atoms with Gasteiger partial charge in [0.2, 0.25) is 5.75 Å². The minimum Gasteiger partial charge on any atom is -0.493 e. The molecule has 1 aromatic heterocycles. The van der Waals surface area contributed by atoms with Crippen molar-refractivity contribution in [3.8, 4) is 28.4 Å². The Morgan fingerprint density at radius 3 is 2.04 bits per heavy atom. The third kappa shape index (κ3) is 4.23. The number of aromatic nitrogens is 1. The summed E-state index contributed by atoms with van der Waals surface area (Å²) in [5.41, 5.74) is 3.62. The van der Waals surface area contributed by atoms with Crippen LogP contribution in [0.5, 0.6) is 17.2 Å². The van der Waals surface area contributed by atoms with E-state index in [2.05, 4.69) is 10.3 Å². The predicted octanol–water partition coefficient (Wildman–Crippen LogP) is 4.20. The minimum atomic E-state index is 0.553. The van der Waals surface area contributed by atoms with Crippen molar-refractivity contribution < 1.29 is 19.0 Å². The lowest BCUT2D eigenvalue weighted by Gasteiger charge is -2.14. The Kier molecular flexibility index (Phi) is 6.11. The van der Waals surface area contributed by atoms with Crippen LogP contribution in [-0.2, 0) is 6.54 Å². The summed E-state index contributed by atoms with van der Waals surface area (Å²) in [6, 6.07) is 15.1. The molecule has 0 amide bonds. The van der Waals surface area contributed by atoms with E-state index in [0.717, 1.165) is 28.8 Å². The average Bonchev–Trinajstić information content (AvgIpc) is 2.77. The Morgan fingerprint density at radius 1 is 0.893 bits per heavy atom. The number of carbonyl (C=O) groups excluding carboxylic acids is 1. The SMILES string of the molecule is COc1cc(CNc2ccc(-c3ccc(C=O)cc3)cn2)cc(OC)c1OC. The van der Waals surface area contributed by atoms with Crippen molar-refractivity contribution in [3.63, 3.8) is 0 Å². The zero-order chi connectivity index (χ0) is 19.9. The molecule has 0 saturated carbocycles. The monoisotopic (exact) mass is 378 g/mol. The van der Waals surface area contributed by atoms with Gasteiger partial charge < -0.3 is 19.5 Å². The van der Waals surface area contributed by atoms with Crippen LogP contribution in [0.1, 0.15) is 15.9 Å². The number of nitrogens with zero attached hydrogens (tertiary/aromatic N) is 1. The van der Waals surface area contributed by atoms with Crippen LogP contribution in [0.25, 0.3) is 11.1 Å². The largest absolute Gasteiger partial charge is 0.493 e. The van der Waals surface area contributed by atoms with Crippen LogP contribution in [0, 0.1) is 0 Å². The second-order valence-corrected chi connectivity index (χ2v) is 6.06. The number of nitrogens with one attached hydrogen (secondary N) is 1. The quantitative estimate of drug-likeness (QED) is 0.593. The molecule has 0 bridgehead atoms. The second-order valence-electron chi connectivity index (χ2n) is 6.06. The lowest BCUT2D eigenvalue weighted by atomic mass is 10.1. The van der Waals surface area contributed by atoms with Gasteiger partial charge in [-0.05, 0) is 35.4 Å². The van der Waals surface area contributed by atoms with Crippen LogP contribution in [-0.4, -0.2) is 32.6 Å². The molecule has 0 fully saturated rings. The summed E-state index contributed by atoms with van der Waals surface area (Å²) in [5.74, 6) is 2.54. The normalized spacial score (nSPS) is 10.2. The second kappa shape index (κ2) is 8.90. The van der Waals surface area contributed by atoms with Crippen molar-refractivity contribution in [1.29, 1.82) is 0 Å². The van der Waals surface area contributed by atoms with Gasteiger partial charge in [0, 0.05) is 23.9 Å². The first-order valence-corrected chi connectivity index (χ1v) is 8.73. The first-order valence-electron chi connectivity index (χ1n) is 8.73. The molecule has 2 aromatic carbocycles. The summed E-state index contributed by atoms with van der Waals surface area (Å²) in [4.78, 5) is 15.2. The number of ether oxygens (including phenoxy) is 3. The first-order chi connectivity index (χ1) is 13.7. The number of hydrogen-bond acceptors (Lipinski definition) is 6. The Morgan fingerprint density at radius 2 is 1.54 bits per heavy atom. The van der Waals surface area contributed by atoms with Crippen molar-refractivity contribution in [2.75, 3.05) is 26.6 Å². The van der Waals surface area contributed by atoms with Gasteiger partial charge in [0.05, 0.1) is 21.3 Å². The smallest absolute Gasteiger partial charge is 0.203 e. The van der Waals surface area contributed by atoms with Gasteiger partial charge in [0.15, 0.2) is 11.5 Å². The van der Waals surface area contributed by atoms with Crippen LogP contribution >= 0.6 is 0 Å². The summed E-state index contributed by atoms with van der Waals surface area (Å²) < 4.78 is 16.1. The molecule has 144 valence electrons. The van der Waals surface area contributed by atoms with E-state index in [1.54, 1.807) is 39.7 Å². The van der Waals surface area contributed by atoms with Crippen LogP contribution in [0.3, 0.4) is 0 Å². The number of anilines is 1. The third-order valence-corrected chi connectivity index (χ3v) is 4.34. The molecule has 0 aliphatic carbocycles. The highest BCUT2D eigenvalue weighted by Crippen LogP contribution is 2.38. The fourth-order valence-corrected chi connectivity index (χ4v) is 2.85. The molecule has 28 heavy (non-hydrogen) atoms. The third-order valence-electron chi connectivity index (χ3n) is 4.34. The van der Waals surface area contributed by atoms with E-state index in [1.807, 2.05) is 36.4 Å². The van der Waals surface area contributed by atoms with Gasteiger partial charge in [-0.1, -0.05) is 24.3 Å². The van der Waals surface area contributed by atoms with Gasteiger partial charge in [-0.2, -0.15) is 0 Å². The summed E-state index contributed by atoms with van der Waals surface area (Å²) in [6.45, 7) is 0.553. The molecule has 3 rings (SSSR count). The number of aldehydes is 1. The molecule has 6 heteroatoms. The molecule has 3 aromatic rings. The standard InChI is InChI=1S/C22H22N2O4/c1-26-19-10-16(11-20(27-2)22(19)28-3)12-23-21-9-8-18(13-24-21)17-6-4-15(14-25)5-7-17/h4-11,13-14H,12H2,1-3H3,(H,23,24). The molecule has 0 radical (unpaired) electrons. The van der Waals surface area contributed by atoms with Gasteiger partial charge in [-0.15, -0.1) is 0 Å². The van der Waals surface area contributed by atoms with Crippen LogP contribution in [0.4, 0.5) is 5.82 Å². The summed E-state index contributed by atoms with van der Waals surface area (Å²) in [7, 11) is 4.77. The summed E-state index contributed by atoms with van der Waals surface area (Å²) >= 11 is 0. The molecule has 0 aliphatic rings. The van der Waals surface area contributed by atoms with E-state index in [-0.39, 0.29) is 0 Å². The zero-order valence-electron chi connectivity index (χ0n) is 16.1. The van der Waals surface area contributed by atoms with Gasteiger partial charge in [-0.25, -0.2) is 4.98 Å². The van der Waals surface area contributed by atoms with Gasteiger partial charge in [0.1, 0.15) is 12.1 Å². The minimum absolute atomic E-state index is 0.553. The molecule has 0 aliphatic heterocycles. The van der Waals surface area contributed by atoms with E-state index >= 15 is 0 Å². The molecule has 0 atom stereocenters. The number of carbonyl (C=O) groups is 1. The van der Waals surface area contributed by atoms with Crippen molar-refractivity contribution in [3.05, 3.63) is 65.9 Å². The number of rotatable bonds is 8. The van der Waals surface area contributed by atoms with E-state index < -0.39 is 0 Å². The molecule has 0 unspecified atom stereocenters. The number of hydrogen-bond donors (Lipinski definition) is 1.